The molecule has 0 bridgehead atoms. The van der Waals surface area contributed by atoms with Crippen molar-refractivity contribution in [2.24, 2.45) is 0 Å². The Hall–Kier alpha value is -1.13. The molecule has 1 heterocycles. The van der Waals surface area contributed by atoms with E-state index in [0.29, 0.717) is 19.8 Å². The van der Waals surface area contributed by atoms with Gasteiger partial charge in [0.1, 0.15) is 5.82 Å². The summed E-state index contributed by atoms with van der Waals surface area (Å²) in [5.41, 5.74) is 0.896. The van der Waals surface area contributed by atoms with Gasteiger partial charge in [-0.1, -0.05) is 0 Å². The zero-order valence-corrected chi connectivity index (χ0v) is 7.78. The molecule has 2 N–H and O–H groups in total. The molecule has 3 nitrogen and oxygen atoms in total. The fourth-order valence-electron chi connectivity index (χ4n) is 1.44. The summed E-state index contributed by atoms with van der Waals surface area (Å²) >= 11 is 0. The smallest absolute Gasteiger partial charge is 0.123 e. The Morgan fingerprint density at radius 2 is 2.00 bits per heavy atom. The van der Waals surface area contributed by atoms with Crippen LogP contribution >= 0.6 is 0 Å². The predicted molar refractivity (Wildman–Crippen MR) is 52.5 cm³/mol. The van der Waals surface area contributed by atoms with Crippen molar-refractivity contribution in [3.63, 3.8) is 0 Å². The summed E-state index contributed by atoms with van der Waals surface area (Å²) < 4.78 is 12.5. The number of nitrogens with zero attached hydrogens (tertiary/aromatic N) is 1. The van der Waals surface area contributed by atoms with Crippen LogP contribution in [0.1, 0.15) is 0 Å². The topological polar surface area (TPSA) is 35.5 Å². The number of aliphatic hydroxyl groups excluding tert-OH is 1. The van der Waals surface area contributed by atoms with E-state index in [1.165, 1.54) is 12.1 Å². The lowest BCUT2D eigenvalue weighted by molar-refractivity contribution is 0.00712. The lowest BCUT2D eigenvalue weighted by Gasteiger charge is -2.35. The summed E-state index contributed by atoms with van der Waals surface area (Å²) in [5, 5.41) is 12.2. The molecule has 0 radical (unpaired) electrons. The van der Waals surface area contributed by atoms with E-state index in [2.05, 4.69) is 10.2 Å². The number of halogens is 1. The highest BCUT2D eigenvalue weighted by atomic mass is 19.1. The fourth-order valence-corrected chi connectivity index (χ4v) is 1.44. The number of aliphatic hydroxyl groups is 1. The Morgan fingerprint density at radius 3 is 2.57 bits per heavy atom. The number of nitrogens with one attached hydrogen (secondary N) is 1. The highest BCUT2D eigenvalue weighted by Crippen LogP contribution is 2.10. The van der Waals surface area contributed by atoms with Crippen LogP contribution in [0.4, 0.5) is 10.1 Å². The van der Waals surface area contributed by atoms with Crippen LogP contribution in [0.2, 0.25) is 0 Å². The molecule has 1 aliphatic rings. The van der Waals surface area contributed by atoms with Gasteiger partial charge in [0.2, 0.25) is 0 Å². The zero-order chi connectivity index (χ0) is 9.97. The van der Waals surface area contributed by atoms with Gasteiger partial charge in [-0.05, 0) is 24.3 Å². The van der Waals surface area contributed by atoms with Gasteiger partial charge in [0, 0.05) is 18.8 Å². The van der Waals surface area contributed by atoms with Gasteiger partial charge < -0.3 is 10.4 Å². The minimum Gasteiger partial charge on any atom is -0.390 e. The second-order valence-corrected chi connectivity index (χ2v) is 3.53. The zero-order valence-electron chi connectivity index (χ0n) is 7.78. The Morgan fingerprint density at radius 1 is 1.36 bits per heavy atom. The number of benzene rings is 1. The molecule has 1 aliphatic heterocycles. The molecule has 2 rings (SSSR count). The van der Waals surface area contributed by atoms with Gasteiger partial charge in [-0.3, -0.25) is 4.90 Å². The summed E-state index contributed by atoms with van der Waals surface area (Å²) in [4.78, 5) is 2.08. The molecule has 1 aromatic carbocycles. The van der Waals surface area contributed by atoms with Crippen LogP contribution in [0.15, 0.2) is 24.3 Å². The Labute approximate surface area is 82.2 Å². The highest BCUT2D eigenvalue weighted by Gasteiger charge is 2.23. The van der Waals surface area contributed by atoms with Crippen LogP contribution in [0, 0.1) is 5.82 Å². The van der Waals surface area contributed by atoms with E-state index in [-0.39, 0.29) is 11.9 Å². The van der Waals surface area contributed by atoms with E-state index in [1.807, 2.05) is 0 Å². The lowest BCUT2D eigenvalue weighted by atomic mass is 10.2. The average Bonchev–Trinajstić information content (AvgIpc) is 2.13. The van der Waals surface area contributed by atoms with Crippen molar-refractivity contribution in [2.45, 2.75) is 6.10 Å². The minimum atomic E-state index is -0.227. The molecular weight excluding hydrogens is 183 g/mol. The van der Waals surface area contributed by atoms with Crippen molar-refractivity contribution in [3.8, 4) is 0 Å². The summed E-state index contributed by atoms with van der Waals surface area (Å²) in [7, 11) is 0. The SMILES string of the molecule is OC1CN(CNc2ccc(F)cc2)C1. The minimum absolute atomic E-state index is 0.176. The van der Waals surface area contributed by atoms with E-state index in [1.54, 1.807) is 12.1 Å². The Bertz CT molecular complexity index is 295. The molecule has 1 fully saturated rings. The number of rotatable bonds is 3. The lowest BCUT2D eigenvalue weighted by Crippen LogP contribution is -2.52. The van der Waals surface area contributed by atoms with Crippen LogP contribution in [0.3, 0.4) is 0 Å². The molecule has 0 spiro atoms. The summed E-state index contributed by atoms with van der Waals surface area (Å²) in [6, 6.07) is 6.25. The molecule has 0 atom stereocenters. The highest BCUT2D eigenvalue weighted by molar-refractivity contribution is 5.42. The quantitative estimate of drug-likeness (QED) is 0.753. The van der Waals surface area contributed by atoms with Crippen LogP contribution in [-0.4, -0.2) is 35.9 Å². The number of β-amino-alcohol motifs (C(OH)–C–C–N with tert-alkyl or cyclic N) is 1. The number of hydrogen-bond acceptors (Lipinski definition) is 3. The summed E-state index contributed by atoms with van der Waals surface area (Å²) in [5.74, 6) is -0.227. The van der Waals surface area contributed by atoms with Gasteiger partial charge >= 0.3 is 0 Å². The van der Waals surface area contributed by atoms with E-state index in [4.69, 9.17) is 5.11 Å². The molecule has 0 unspecified atom stereocenters. The van der Waals surface area contributed by atoms with Gasteiger partial charge in [0.15, 0.2) is 0 Å². The summed E-state index contributed by atoms with van der Waals surface area (Å²) in [6.45, 7) is 2.13. The third kappa shape index (κ3) is 2.21. The molecular formula is C10H13FN2O. The van der Waals surface area contributed by atoms with Crippen molar-refractivity contribution in [1.29, 1.82) is 0 Å². The first-order chi connectivity index (χ1) is 6.74. The molecule has 1 saturated heterocycles. The molecule has 0 aromatic heterocycles. The maximum atomic E-state index is 12.5. The van der Waals surface area contributed by atoms with Crippen LogP contribution in [0.25, 0.3) is 0 Å². The van der Waals surface area contributed by atoms with Crippen LogP contribution in [0.5, 0.6) is 0 Å². The largest absolute Gasteiger partial charge is 0.390 e. The van der Waals surface area contributed by atoms with E-state index < -0.39 is 0 Å². The van der Waals surface area contributed by atoms with Gasteiger partial charge in [-0.15, -0.1) is 0 Å². The first-order valence-electron chi connectivity index (χ1n) is 4.64. The standard InChI is InChI=1S/C10H13FN2O/c11-8-1-3-9(4-2-8)12-7-13-5-10(14)6-13/h1-4,10,12,14H,5-7H2. The Balaban J connectivity index is 1.78. The molecule has 4 heteroatoms. The average molecular weight is 196 g/mol. The number of anilines is 1. The van der Waals surface area contributed by atoms with Crippen molar-refractivity contribution in [2.75, 3.05) is 25.1 Å². The van der Waals surface area contributed by atoms with Crippen LogP contribution < -0.4 is 5.32 Å². The summed E-state index contributed by atoms with van der Waals surface area (Å²) in [6.07, 6.45) is -0.176. The molecule has 0 aliphatic carbocycles. The Kier molecular flexibility index (Phi) is 2.65. The third-order valence-electron chi connectivity index (χ3n) is 2.29. The van der Waals surface area contributed by atoms with Crippen molar-refractivity contribution >= 4 is 5.69 Å². The van der Waals surface area contributed by atoms with Crippen molar-refractivity contribution < 1.29 is 9.50 Å². The maximum Gasteiger partial charge on any atom is 0.123 e. The monoisotopic (exact) mass is 196 g/mol. The van der Waals surface area contributed by atoms with Crippen molar-refractivity contribution in [3.05, 3.63) is 30.1 Å². The number of likely N-dealkylation sites (tertiary alicyclic amines) is 1. The van der Waals surface area contributed by atoms with Gasteiger partial charge in [-0.2, -0.15) is 0 Å². The third-order valence-corrected chi connectivity index (χ3v) is 2.29. The molecule has 1 aromatic rings. The van der Waals surface area contributed by atoms with Gasteiger partial charge in [-0.25, -0.2) is 4.39 Å². The van der Waals surface area contributed by atoms with E-state index in [9.17, 15) is 4.39 Å². The molecule has 76 valence electrons. The second kappa shape index (κ2) is 3.94. The fraction of sp³-hybridized carbons (Fsp3) is 0.400. The van der Waals surface area contributed by atoms with Crippen molar-refractivity contribution in [1.82, 2.24) is 4.90 Å². The maximum absolute atomic E-state index is 12.5. The first-order valence-corrected chi connectivity index (χ1v) is 4.64. The van der Waals surface area contributed by atoms with E-state index >= 15 is 0 Å². The molecule has 14 heavy (non-hydrogen) atoms. The first kappa shape index (κ1) is 9.43. The van der Waals surface area contributed by atoms with E-state index in [0.717, 1.165) is 5.69 Å². The second-order valence-electron chi connectivity index (χ2n) is 3.53. The number of hydrogen-bond donors (Lipinski definition) is 2. The molecule has 0 amide bonds. The molecule has 0 saturated carbocycles. The van der Waals surface area contributed by atoms with Crippen LogP contribution in [-0.2, 0) is 0 Å². The van der Waals surface area contributed by atoms with Gasteiger partial charge in [0.05, 0.1) is 12.8 Å². The normalized spacial score (nSPS) is 17.9. The van der Waals surface area contributed by atoms with Gasteiger partial charge in [0.25, 0.3) is 0 Å². The predicted octanol–water partition coefficient (Wildman–Crippen LogP) is 0.872.